The van der Waals surface area contributed by atoms with Crippen LogP contribution in [0.2, 0.25) is 0 Å². The lowest BCUT2D eigenvalue weighted by atomic mass is 10.2. The van der Waals surface area contributed by atoms with Crippen LogP contribution in [0.1, 0.15) is 25.1 Å². The lowest BCUT2D eigenvalue weighted by Crippen LogP contribution is -1.99. The smallest absolute Gasteiger partial charge is 0.213 e. The molecule has 0 aliphatic heterocycles. The van der Waals surface area contributed by atoms with E-state index in [1.54, 1.807) is 6.07 Å². The van der Waals surface area contributed by atoms with E-state index < -0.39 is 0 Å². The molecule has 3 heteroatoms. The lowest BCUT2D eigenvalue weighted by Gasteiger charge is -2.06. The maximum Gasteiger partial charge on any atom is 0.213 e. The van der Waals surface area contributed by atoms with Gasteiger partial charge in [0.05, 0.1) is 13.2 Å². The fourth-order valence-electron chi connectivity index (χ4n) is 1.11. The third-order valence-corrected chi connectivity index (χ3v) is 1.75. The monoisotopic (exact) mass is 181 g/mol. The molecule has 1 heterocycles. The summed E-state index contributed by atoms with van der Waals surface area (Å²) in [6.45, 7) is 4.58. The van der Waals surface area contributed by atoms with Gasteiger partial charge in [0.25, 0.3) is 0 Å². The lowest BCUT2D eigenvalue weighted by molar-refractivity contribution is 0.278. The van der Waals surface area contributed by atoms with Gasteiger partial charge in [-0.05, 0) is 25.0 Å². The molecule has 13 heavy (non-hydrogen) atoms. The topological polar surface area (TPSA) is 42.4 Å². The largest absolute Gasteiger partial charge is 0.478 e. The van der Waals surface area contributed by atoms with Gasteiger partial charge in [-0.1, -0.05) is 6.92 Å². The van der Waals surface area contributed by atoms with Crippen LogP contribution >= 0.6 is 0 Å². The predicted octanol–water partition coefficient (Wildman–Crippen LogP) is 1.53. The second-order valence-corrected chi connectivity index (χ2v) is 2.75. The highest BCUT2D eigenvalue weighted by molar-refractivity contribution is 5.24. The fourth-order valence-corrected chi connectivity index (χ4v) is 1.11. The minimum absolute atomic E-state index is 0.0373. The highest BCUT2D eigenvalue weighted by atomic mass is 16.5. The number of ether oxygens (including phenoxy) is 1. The second-order valence-electron chi connectivity index (χ2n) is 2.75. The quantitative estimate of drug-likeness (QED) is 0.766. The molecule has 0 spiro atoms. The summed E-state index contributed by atoms with van der Waals surface area (Å²) in [5.41, 5.74) is 1.81. The molecule has 0 bridgehead atoms. The normalized spacial score (nSPS) is 10.1. The van der Waals surface area contributed by atoms with Crippen molar-refractivity contribution in [3.8, 4) is 5.88 Å². The van der Waals surface area contributed by atoms with Crippen molar-refractivity contribution in [2.75, 3.05) is 6.61 Å². The molecule has 0 atom stereocenters. The number of aromatic nitrogens is 1. The van der Waals surface area contributed by atoms with Gasteiger partial charge in [0.2, 0.25) is 5.88 Å². The summed E-state index contributed by atoms with van der Waals surface area (Å²) in [7, 11) is 0. The van der Waals surface area contributed by atoms with Gasteiger partial charge in [-0.15, -0.1) is 0 Å². The Bertz CT molecular complexity index is 251. The van der Waals surface area contributed by atoms with Gasteiger partial charge in [0, 0.05) is 11.8 Å². The van der Waals surface area contributed by atoms with Crippen molar-refractivity contribution in [3.05, 3.63) is 23.4 Å². The molecule has 1 aromatic rings. The van der Waals surface area contributed by atoms with E-state index >= 15 is 0 Å². The Morgan fingerprint density at radius 3 is 2.69 bits per heavy atom. The summed E-state index contributed by atoms with van der Waals surface area (Å²) in [5.74, 6) is 0.603. The zero-order valence-corrected chi connectivity index (χ0v) is 8.08. The number of rotatable bonds is 4. The number of aliphatic hydroxyl groups is 1. The molecule has 0 unspecified atom stereocenters. The van der Waals surface area contributed by atoms with E-state index in [1.165, 1.54) is 0 Å². The molecule has 0 aliphatic carbocycles. The van der Waals surface area contributed by atoms with Crippen LogP contribution in [0.3, 0.4) is 0 Å². The highest BCUT2D eigenvalue weighted by Crippen LogP contribution is 2.13. The van der Waals surface area contributed by atoms with Gasteiger partial charge < -0.3 is 9.84 Å². The first-order valence-electron chi connectivity index (χ1n) is 4.53. The Morgan fingerprint density at radius 1 is 1.38 bits per heavy atom. The van der Waals surface area contributed by atoms with E-state index in [1.807, 2.05) is 19.9 Å². The first-order chi connectivity index (χ1) is 6.30. The van der Waals surface area contributed by atoms with Gasteiger partial charge in [-0.25, -0.2) is 4.98 Å². The first-order valence-corrected chi connectivity index (χ1v) is 4.53. The summed E-state index contributed by atoms with van der Waals surface area (Å²) >= 11 is 0. The van der Waals surface area contributed by atoms with Crippen LogP contribution in [0, 0.1) is 0 Å². The third kappa shape index (κ3) is 2.70. The Kier molecular flexibility index (Phi) is 3.71. The minimum Gasteiger partial charge on any atom is -0.478 e. The summed E-state index contributed by atoms with van der Waals surface area (Å²) in [6, 6.07) is 3.66. The van der Waals surface area contributed by atoms with Crippen molar-refractivity contribution in [1.29, 1.82) is 0 Å². The van der Waals surface area contributed by atoms with Crippen molar-refractivity contribution in [3.63, 3.8) is 0 Å². The molecule has 1 rings (SSSR count). The fraction of sp³-hybridized carbons (Fsp3) is 0.500. The average molecular weight is 181 g/mol. The SMILES string of the molecule is CCOc1cc(CO)cc(CC)n1. The molecule has 0 aromatic carbocycles. The Hall–Kier alpha value is -1.09. The maximum atomic E-state index is 8.97. The number of aryl methyl sites for hydroxylation is 1. The highest BCUT2D eigenvalue weighted by Gasteiger charge is 2.00. The Morgan fingerprint density at radius 2 is 2.15 bits per heavy atom. The van der Waals surface area contributed by atoms with Crippen molar-refractivity contribution >= 4 is 0 Å². The summed E-state index contributed by atoms with van der Waals surface area (Å²) in [4.78, 5) is 4.26. The van der Waals surface area contributed by atoms with Crippen LogP contribution in [0.5, 0.6) is 5.88 Å². The van der Waals surface area contributed by atoms with E-state index in [-0.39, 0.29) is 6.61 Å². The average Bonchev–Trinajstić information content (AvgIpc) is 2.17. The zero-order chi connectivity index (χ0) is 9.68. The van der Waals surface area contributed by atoms with Gasteiger partial charge in [-0.3, -0.25) is 0 Å². The van der Waals surface area contributed by atoms with Gasteiger partial charge in [-0.2, -0.15) is 0 Å². The molecule has 1 N–H and O–H groups in total. The molecular formula is C10H15NO2. The first kappa shape index (κ1) is 9.99. The zero-order valence-electron chi connectivity index (χ0n) is 8.08. The van der Waals surface area contributed by atoms with Crippen molar-refractivity contribution < 1.29 is 9.84 Å². The molecule has 0 radical (unpaired) electrons. The minimum atomic E-state index is 0.0373. The van der Waals surface area contributed by atoms with Gasteiger partial charge >= 0.3 is 0 Å². The maximum absolute atomic E-state index is 8.97. The van der Waals surface area contributed by atoms with Gasteiger partial charge in [0.15, 0.2) is 0 Å². The molecule has 72 valence electrons. The summed E-state index contributed by atoms with van der Waals surface area (Å²) in [6.07, 6.45) is 0.855. The molecular weight excluding hydrogens is 166 g/mol. The molecule has 3 nitrogen and oxygen atoms in total. The van der Waals surface area contributed by atoms with Crippen molar-refractivity contribution in [1.82, 2.24) is 4.98 Å². The second kappa shape index (κ2) is 4.82. The van der Waals surface area contributed by atoms with E-state index in [0.717, 1.165) is 17.7 Å². The number of hydrogen-bond donors (Lipinski definition) is 1. The third-order valence-electron chi connectivity index (χ3n) is 1.75. The van der Waals surface area contributed by atoms with E-state index in [0.29, 0.717) is 12.5 Å². The number of pyridine rings is 1. The summed E-state index contributed by atoms with van der Waals surface area (Å²) < 4.78 is 5.27. The van der Waals surface area contributed by atoms with Crippen molar-refractivity contribution in [2.24, 2.45) is 0 Å². The molecule has 0 amide bonds. The number of aliphatic hydroxyl groups excluding tert-OH is 1. The molecule has 0 aliphatic rings. The molecule has 0 saturated carbocycles. The van der Waals surface area contributed by atoms with Crippen LogP contribution in [-0.4, -0.2) is 16.7 Å². The molecule has 0 saturated heterocycles. The van der Waals surface area contributed by atoms with Crippen LogP contribution in [0.4, 0.5) is 0 Å². The van der Waals surface area contributed by atoms with E-state index in [4.69, 9.17) is 9.84 Å². The molecule has 1 aromatic heterocycles. The Balaban J connectivity index is 2.93. The number of nitrogens with zero attached hydrogens (tertiary/aromatic N) is 1. The Labute approximate surface area is 78.4 Å². The molecule has 0 fully saturated rings. The predicted molar refractivity (Wildman–Crippen MR) is 50.7 cm³/mol. The van der Waals surface area contributed by atoms with E-state index in [2.05, 4.69) is 4.98 Å². The number of hydrogen-bond acceptors (Lipinski definition) is 3. The van der Waals surface area contributed by atoms with Gasteiger partial charge in [0.1, 0.15) is 0 Å². The standard InChI is InChI=1S/C10H15NO2/c1-3-9-5-8(7-12)6-10(11-9)13-4-2/h5-6,12H,3-4,7H2,1-2H3. The summed E-state index contributed by atoms with van der Waals surface area (Å²) in [5, 5.41) is 8.97. The van der Waals surface area contributed by atoms with Crippen LogP contribution in [-0.2, 0) is 13.0 Å². The van der Waals surface area contributed by atoms with E-state index in [9.17, 15) is 0 Å². The van der Waals surface area contributed by atoms with Crippen LogP contribution in [0.25, 0.3) is 0 Å². The van der Waals surface area contributed by atoms with Crippen molar-refractivity contribution in [2.45, 2.75) is 26.9 Å². The van der Waals surface area contributed by atoms with Crippen LogP contribution in [0.15, 0.2) is 12.1 Å². The van der Waals surface area contributed by atoms with Crippen LogP contribution < -0.4 is 4.74 Å².